The highest BCUT2D eigenvalue weighted by atomic mass is 32.1. The number of hydrogen-bond donors (Lipinski definition) is 0. The van der Waals surface area contributed by atoms with Crippen molar-refractivity contribution in [2.24, 2.45) is 0 Å². The molecule has 0 unspecified atom stereocenters. The van der Waals surface area contributed by atoms with E-state index < -0.39 is 11.6 Å². The summed E-state index contributed by atoms with van der Waals surface area (Å²) in [6, 6.07) is 18.7. The van der Waals surface area contributed by atoms with Crippen molar-refractivity contribution in [3.8, 4) is 33.2 Å². The van der Waals surface area contributed by atoms with Gasteiger partial charge < -0.3 is 0 Å². The van der Waals surface area contributed by atoms with Crippen LogP contribution >= 0.6 is 11.3 Å². The van der Waals surface area contributed by atoms with Gasteiger partial charge in [0.2, 0.25) is 0 Å². The van der Waals surface area contributed by atoms with Gasteiger partial charge in [-0.25, -0.2) is 23.7 Å². The zero-order valence-electron chi connectivity index (χ0n) is 15.0. The van der Waals surface area contributed by atoms with Crippen molar-refractivity contribution in [3.63, 3.8) is 0 Å². The first-order valence-electron chi connectivity index (χ1n) is 8.91. The molecule has 0 fully saturated rings. The fourth-order valence-corrected chi connectivity index (χ4v) is 3.88. The van der Waals surface area contributed by atoms with Crippen LogP contribution in [-0.4, -0.2) is 15.0 Å². The largest absolute Gasteiger partial charge is 0.243 e. The summed E-state index contributed by atoms with van der Waals surface area (Å²) in [6.45, 7) is 0. The summed E-state index contributed by atoms with van der Waals surface area (Å²) in [4.78, 5) is 13.9. The van der Waals surface area contributed by atoms with E-state index in [1.165, 1.54) is 23.5 Å². The normalized spacial score (nSPS) is 11.1. The van der Waals surface area contributed by atoms with E-state index >= 15 is 0 Å². The highest BCUT2D eigenvalue weighted by molar-refractivity contribution is 7.13. The Kier molecular flexibility index (Phi) is 4.33. The molecule has 0 N–H and O–H groups in total. The Bertz CT molecular complexity index is 1320. The lowest BCUT2D eigenvalue weighted by Crippen LogP contribution is -1.96. The predicted molar refractivity (Wildman–Crippen MR) is 111 cm³/mol. The number of aromatic nitrogens is 3. The van der Waals surface area contributed by atoms with Crippen molar-refractivity contribution in [1.29, 1.82) is 0 Å². The van der Waals surface area contributed by atoms with Crippen molar-refractivity contribution in [3.05, 3.63) is 89.9 Å². The first-order chi connectivity index (χ1) is 14.2. The van der Waals surface area contributed by atoms with E-state index in [9.17, 15) is 8.78 Å². The molecule has 2 heterocycles. The van der Waals surface area contributed by atoms with Crippen molar-refractivity contribution < 1.29 is 8.78 Å². The molecule has 3 nitrogen and oxygen atoms in total. The Morgan fingerprint density at radius 1 is 0.793 bits per heavy atom. The molecule has 0 aliphatic rings. The van der Waals surface area contributed by atoms with Crippen LogP contribution in [-0.2, 0) is 0 Å². The number of thiazole rings is 1. The lowest BCUT2D eigenvalue weighted by molar-refractivity contribution is 0.585. The quantitative estimate of drug-likeness (QED) is 0.353. The van der Waals surface area contributed by atoms with E-state index in [0.717, 1.165) is 27.5 Å². The molecule has 6 heteroatoms. The summed E-state index contributed by atoms with van der Waals surface area (Å²) < 4.78 is 27.6. The van der Waals surface area contributed by atoms with E-state index in [0.29, 0.717) is 22.6 Å². The van der Waals surface area contributed by atoms with Gasteiger partial charge in [0.05, 0.1) is 5.52 Å². The van der Waals surface area contributed by atoms with E-state index in [1.54, 1.807) is 12.3 Å². The molecule has 0 aliphatic heterocycles. The summed E-state index contributed by atoms with van der Waals surface area (Å²) in [5.74, 6) is -0.614. The van der Waals surface area contributed by atoms with Crippen LogP contribution in [0.15, 0.2) is 78.3 Å². The Balaban J connectivity index is 1.76. The minimum absolute atomic E-state index is 0.325. The van der Waals surface area contributed by atoms with Gasteiger partial charge >= 0.3 is 0 Å². The number of nitrogens with zero attached hydrogens (tertiary/aromatic N) is 3. The van der Waals surface area contributed by atoms with Crippen LogP contribution in [0.5, 0.6) is 0 Å². The van der Waals surface area contributed by atoms with E-state index in [2.05, 4.69) is 4.98 Å². The van der Waals surface area contributed by atoms with Crippen LogP contribution < -0.4 is 0 Å². The summed E-state index contributed by atoms with van der Waals surface area (Å²) >= 11 is 1.48. The van der Waals surface area contributed by atoms with Crippen molar-refractivity contribution >= 4 is 22.2 Å². The van der Waals surface area contributed by atoms with Gasteiger partial charge in [0.25, 0.3) is 0 Å². The molecule has 0 saturated carbocycles. The average Bonchev–Trinajstić information content (AvgIpc) is 3.28. The van der Waals surface area contributed by atoms with Crippen LogP contribution in [0.25, 0.3) is 44.1 Å². The molecule has 3 aromatic carbocycles. The predicted octanol–water partition coefficient (Wildman–Crippen LogP) is 6.37. The molecule has 5 aromatic rings. The topological polar surface area (TPSA) is 38.7 Å². The summed E-state index contributed by atoms with van der Waals surface area (Å²) in [6.07, 6.45) is 1.72. The van der Waals surface area contributed by atoms with E-state index in [1.807, 2.05) is 47.8 Å². The van der Waals surface area contributed by atoms with Gasteiger partial charge in [-0.3, -0.25) is 0 Å². The first-order valence-corrected chi connectivity index (χ1v) is 9.79. The third-order valence-electron chi connectivity index (χ3n) is 4.60. The molecule has 5 rings (SSSR count). The van der Waals surface area contributed by atoms with Gasteiger partial charge in [-0.2, -0.15) is 0 Å². The Hall–Kier alpha value is -3.51. The maximum Gasteiger partial charge on any atom is 0.160 e. The zero-order valence-corrected chi connectivity index (χ0v) is 15.8. The SMILES string of the molecule is Fc1ccc(-c2ccc3nc(-c4ccccc4)nc(-c4nccs4)c3c2)c(F)c1. The smallest absolute Gasteiger partial charge is 0.160 e. The minimum atomic E-state index is -0.609. The molecular weight excluding hydrogens is 388 g/mol. The van der Waals surface area contributed by atoms with Gasteiger partial charge in [-0.15, -0.1) is 11.3 Å². The maximum absolute atomic E-state index is 14.3. The second-order valence-corrected chi connectivity index (χ2v) is 7.35. The van der Waals surface area contributed by atoms with E-state index in [4.69, 9.17) is 9.97 Å². The molecule has 140 valence electrons. The van der Waals surface area contributed by atoms with Crippen molar-refractivity contribution in [2.75, 3.05) is 0 Å². The number of halogens is 2. The highest BCUT2D eigenvalue weighted by Crippen LogP contribution is 2.33. The van der Waals surface area contributed by atoms with Crippen LogP contribution in [0.3, 0.4) is 0 Å². The van der Waals surface area contributed by atoms with Crippen molar-refractivity contribution in [1.82, 2.24) is 15.0 Å². The van der Waals surface area contributed by atoms with Crippen LogP contribution in [0.4, 0.5) is 8.78 Å². The van der Waals surface area contributed by atoms with E-state index in [-0.39, 0.29) is 0 Å². The zero-order chi connectivity index (χ0) is 19.8. The molecule has 2 aromatic heterocycles. The van der Waals surface area contributed by atoms with Gasteiger partial charge in [-0.05, 0) is 29.8 Å². The van der Waals surface area contributed by atoms with Crippen LogP contribution in [0, 0.1) is 11.6 Å². The third kappa shape index (κ3) is 3.28. The Morgan fingerprint density at radius 3 is 2.41 bits per heavy atom. The lowest BCUT2D eigenvalue weighted by atomic mass is 10.0. The molecule has 0 atom stereocenters. The average molecular weight is 401 g/mol. The monoisotopic (exact) mass is 401 g/mol. The molecule has 0 saturated heterocycles. The van der Waals surface area contributed by atoms with Gasteiger partial charge in [0, 0.05) is 34.2 Å². The van der Waals surface area contributed by atoms with Crippen LogP contribution in [0.2, 0.25) is 0 Å². The molecule has 29 heavy (non-hydrogen) atoms. The molecule has 0 bridgehead atoms. The third-order valence-corrected chi connectivity index (χ3v) is 5.38. The molecule has 0 amide bonds. The van der Waals surface area contributed by atoms with Crippen molar-refractivity contribution in [2.45, 2.75) is 0 Å². The Labute approximate surface area is 169 Å². The minimum Gasteiger partial charge on any atom is -0.243 e. The summed E-state index contributed by atoms with van der Waals surface area (Å²) in [5.41, 5.74) is 3.28. The van der Waals surface area contributed by atoms with Crippen LogP contribution in [0.1, 0.15) is 0 Å². The molecule has 0 radical (unpaired) electrons. The lowest BCUT2D eigenvalue weighted by Gasteiger charge is -2.10. The maximum atomic E-state index is 14.3. The fraction of sp³-hybridized carbons (Fsp3) is 0. The number of benzene rings is 3. The standard InChI is InChI=1S/C23H13F2N3S/c24-16-7-8-17(19(25)13-16)15-6-9-20-18(12-15)21(23-26-10-11-29-23)28-22(27-20)14-4-2-1-3-5-14/h1-13H. The first kappa shape index (κ1) is 17.6. The molecule has 0 aliphatic carbocycles. The number of rotatable bonds is 3. The number of fused-ring (bicyclic) bond motifs is 1. The van der Waals surface area contributed by atoms with Gasteiger partial charge in [-0.1, -0.05) is 36.4 Å². The Morgan fingerprint density at radius 2 is 1.66 bits per heavy atom. The van der Waals surface area contributed by atoms with Gasteiger partial charge in [0.1, 0.15) is 22.3 Å². The molecule has 0 spiro atoms. The van der Waals surface area contributed by atoms with Gasteiger partial charge in [0.15, 0.2) is 5.82 Å². The highest BCUT2D eigenvalue weighted by Gasteiger charge is 2.15. The second-order valence-electron chi connectivity index (χ2n) is 6.46. The second kappa shape index (κ2) is 7.14. The summed E-state index contributed by atoms with van der Waals surface area (Å²) in [7, 11) is 0. The number of hydrogen-bond acceptors (Lipinski definition) is 4. The molecular formula is C23H13F2N3S. The summed E-state index contributed by atoms with van der Waals surface area (Å²) in [5, 5.41) is 3.40. The fourth-order valence-electron chi connectivity index (χ4n) is 3.24.